The van der Waals surface area contributed by atoms with E-state index in [1.54, 1.807) is 22.7 Å². The number of thiazole rings is 2. The summed E-state index contributed by atoms with van der Waals surface area (Å²) in [5.74, 6) is -1.18. The van der Waals surface area contributed by atoms with E-state index in [1.807, 2.05) is 10.9 Å². The first-order valence-corrected chi connectivity index (χ1v) is 7.83. The third kappa shape index (κ3) is 2.62. The lowest BCUT2D eigenvalue weighted by Gasteiger charge is -2.03. The van der Waals surface area contributed by atoms with Gasteiger partial charge in [-0.1, -0.05) is 0 Å². The summed E-state index contributed by atoms with van der Waals surface area (Å²) in [7, 11) is 0. The number of anilines is 1. The maximum Gasteiger partial charge on any atom is 0.312 e. The molecule has 0 aromatic carbocycles. The SMILES string of the molecule is O=C(O)C1CCc2sc(NCCc3cscn3)nc21. The molecule has 100 valence electrons. The summed E-state index contributed by atoms with van der Waals surface area (Å²) in [5, 5.41) is 15.2. The molecule has 2 heterocycles. The highest BCUT2D eigenvalue weighted by Crippen LogP contribution is 2.38. The topological polar surface area (TPSA) is 75.1 Å². The molecule has 0 aliphatic heterocycles. The van der Waals surface area contributed by atoms with Crippen LogP contribution in [0.1, 0.15) is 28.6 Å². The summed E-state index contributed by atoms with van der Waals surface area (Å²) >= 11 is 3.17. The number of carboxylic acids is 1. The largest absolute Gasteiger partial charge is 0.481 e. The molecule has 1 unspecified atom stereocenters. The molecule has 1 aliphatic rings. The van der Waals surface area contributed by atoms with Crippen LogP contribution in [0.5, 0.6) is 0 Å². The maximum absolute atomic E-state index is 11.1. The van der Waals surface area contributed by atoms with E-state index in [-0.39, 0.29) is 0 Å². The van der Waals surface area contributed by atoms with Crippen molar-refractivity contribution in [3.05, 3.63) is 27.2 Å². The van der Waals surface area contributed by atoms with E-state index in [2.05, 4.69) is 15.3 Å². The van der Waals surface area contributed by atoms with Crippen LogP contribution in [-0.2, 0) is 17.6 Å². The molecule has 1 atom stereocenters. The fraction of sp³-hybridized carbons (Fsp3) is 0.417. The van der Waals surface area contributed by atoms with Crippen molar-refractivity contribution in [2.45, 2.75) is 25.2 Å². The zero-order valence-corrected chi connectivity index (χ0v) is 11.8. The Morgan fingerprint density at radius 3 is 3.21 bits per heavy atom. The molecule has 0 saturated heterocycles. The quantitative estimate of drug-likeness (QED) is 0.885. The van der Waals surface area contributed by atoms with Crippen LogP contribution in [-0.4, -0.2) is 27.6 Å². The monoisotopic (exact) mass is 295 g/mol. The van der Waals surface area contributed by atoms with E-state index in [0.29, 0.717) is 6.42 Å². The smallest absolute Gasteiger partial charge is 0.312 e. The summed E-state index contributed by atoms with van der Waals surface area (Å²) < 4.78 is 0. The molecule has 0 radical (unpaired) electrons. The van der Waals surface area contributed by atoms with Gasteiger partial charge in [0, 0.05) is 23.2 Å². The number of nitrogens with zero attached hydrogens (tertiary/aromatic N) is 2. The van der Waals surface area contributed by atoms with Gasteiger partial charge in [0.15, 0.2) is 5.13 Å². The molecule has 3 rings (SSSR count). The molecule has 0 saturated carbocycles. The lowest BCUT2D eigenvalue weighted by Crippen LogP contribution is -2.09. The van der Waals surface area contributed by atoms with Crippen LogP contribution in [0, 0.1) is 0 Å². The molecule has 0 bridgehead atoms. The molecule has 0 spiro atoms. The molecule has 1 aliphatic carbocycles. The predicted molar refractivity (Wildman–Crippen MR) is 75.1 cm³/mol. The second kappa shape index (κ2) is 5.26. The molecule has 2 N–H and O–H groups in total. The predicted octanol–water partition coefficient (Wildman–Crippen LogP) is 2.37. The highest BCUT2D eigenvalue weighted by Gasteiger charge is 2.32. The normalized spacial score (nSPS) is 17.4. The summed E-state index contributed by atoms with van der Waals surface area (Å²) in [5.41, 5.74) is 3.66. The van der Waals surface area contributed by atoms with Gasteiger partial charge in [-0.25, -0.2) is 9.97 Å². The number of hydrogen-bond donors (Lipinski definition) is 2. The van der Waals surface area contributed by atoms with Gasteiger partial charge in [-0.15, -0.1) is 22.7 Å². The molecule has 0 amide bonds. The summed E-state index contributed by atoms with van der Waals surface area (Å²) in [6, 6.07) is 0. The van der Waals surface area contributed by atoms with Gasteiger partial charge in [0.1, 0.15) is 5.92 Å². The van der Waals surface area contributed by atoms with Crippen LogP contribution in [0.3, 0.4) is 0 Å². The zero-order valence-electron chi connectivity index (χ0n) is 10.1. The highest BCUT2D eigenvalue weighted by atomic mass is 32.1. The number of aliphatic carboxylic acids is 1. The fourth-order valence-corrected chi connectivity index (χ4v) is 3.86. The van der Waals surface area contributed by atoms with Gasteiger partial charge in [0.2, 0.25) is 0 Å². The van der Waals surface area contributed by atoms with Gasteiger partial charge in [0.25, 0.3) is 0 Å². The molecule has 2 aromatic rings. The van der Waals surface area contributed by atoms with Crippen LogP contribution in [0.4, 0.5) is 5.13 Å². The fourth-order valence-electron chi connectivity index (χ4n) is 2.20. The van der Waals surface area contributed by atoms with Crippen LogP contribution in [0.15, 0.2) is 10.9 Å². The number of rotatable bonds is 5. The molecule has 0 fully saturated rings. The highest BCUT2D eigenvalue weighted by molar-refractivity contribution is 7.15. The van der Waals surface area contributed by atoms with Gasteiger partial charge >= 0.3 is 5.97 Å². The Balaban J connectivity index is 1.61. The van der Waals surface area contributed by atoms with Gasteiger partial charge in [-0.05, 0) is 12.8 Å². The minimum absolute atomic E-state index is 0.416. The Labute approximate surface area is 118 Å². The number of fused-ring (bicyclic) bond motifs is 1. The average Bonchev–Trinajstić information content (AvgIpc) is 3.03. The summed E-state index contributed by atoms with van der Waals surface area (Å²) in [6.07, 6.45) is 2.37. The molecule has 5 nitrogen and oxygen atoms in total. The number of carboxylic acid groups (broad SMARTS) is 1. The number of nitrogens with one attached hydrogen (secondary N) is 1. The van der Waals surface area contributed by atoms with Crippen molar-refractivity contribution >= 4 is 33.8 Å². The standard InChI is InChI=1S/C12H13N3O2S2/c16-11(17)8-1-2-9-10(8)15-12(19-9)13-4-3-7-5-18-6-14-7/h5-6,8H,1-4H2,(H,13,15)(H,16,17). The van der Waals surface area contributed by atoms with Crippen molar-refractivity contribution < 1.29 is 9.90 Å². The molecule has 7 heteroatoms. The van der Waals surface area contributed by atoms with Gasteiger partial charge in [0.05, 0.1) is 16.9 Å². The molecular formula is C12H13N3O2S2. The van der Waals surface area contributed by atoms with E-state index in [9.17, 15) is 4.79 Å². The van der Waals surface area contributed by atoms with Crippen molar-refractivity contribution in [2.75, 3.05) is 11.9 Å². The lowest BCUT2D eigenvalue weighted by atomic mass is 10.1. The van der Waals surface area contributed by atoms with E-state index < -0.39 is 11.9 Å². The average molecular weight is 295 g/mol. The number of carbonyl (C=O) groups is 1. The first-order chi connectivity index (χ1) is 9.24. The number of aromatic nitrogens is 2. The van der Waals surface area contributed by atoms with Gasteiger partial charge in [-0.3, -0.25) is 4.79 Å². The number of hydrogen-bond acceptors (Lipinski definition) is 6. The van der Waals surface area contributed by atoms with Crippen molar-refractivity contribution in [3.63, 3.8) is 0 Å². The van der Waals surface area contributed by atoms with Crippen LogP contribution < -0.4 is 5.32 Å². The van der Waals surface area contributed by atoms with Gasteiger partial charge in [-0.2, -0.15) is 0 Å². The second-order valence-corrected chi connectivity index (χ2v) is 6.22. The molecule has 2 aromatic heterocycles. The maximum atomic E-state index is 11.1. The Morgan fingerprint density at radius 2 is 2.47 bits per heavy atom. The Kier molecular flexibility index (Phi) is 3.48. The third-order valence-corrected chi connectivity index (χ3v) is 4.88. The zero-order chi connectivity index (χ0) is 13.2. The van der Waals surface area contributed by atoms with Crippen LogP contribution in [0.25, 0.3) is 0 Å². The van der Waals surface area contributed by atoms with Crippen LogP contribution >= 0.6 is 22.7 Å². The van der Waals surface area contributed by atoms with E-state index in [1.165, 1.54) is 0 Å². The van der Waals surface area contributed by atoms with Crippen LogP contribution in [0.2, 0.25) is 0 Å². The van der Waals surface area contributed by atoms with Crippen molar-refractivity contribution in [3.8, 4) is 0 Å². The third-order valence-electron chi connectivity index (χ3n) is 3.16. The van der Waals surface area contributed by atoms with Gasteiger partial charge < -0.3 is 10.4 Å². The lowest BCUT2D eigenvalue weighted by molar-refractivity contribution is -0.138. The molecular weight excluding hydrogens is 282 g/mol. The Hall–Kier alpha value is -1.47. The first kappa shape index (κ1) is 12.6. The van der Waals surface area contributed by atoms with Crippen molar-refractivity contribution in [1.29, 1.82) is 0 Å². The van der Waals surface area contributed by atoms with E-state index in [4.69, 9.17) is 5.11 Å². The summed E-state index contributed by atoms with van der Waals surface area (Å²) in [6.45, 7) is 0.772. The Morgan fingerprint density at radius 1 is 1.58 bits per heavy atom. The Bertz CT molecular complexity index is 580. The van der Waals surface area contributed by atoms with Crippen molar-refractivity contribution in [1.82, 2.24) is 9.97 Å². The van der Waals surface area contributed by atoms with E-state index >= 15 is 0 Å². The summed E-state index contributed by atoms with van der Waals surface area (Å²) in [4.78, 5) is 20.8. The minimum Gasteiger partial charge on any atom is -0.481 e. The number of aryl methyl sites for hydroxylation is 1. The first-order valence-electron chi connectivity index (χ1n) is 6.07. The second-order valence-electron chi connectivity index (χ2n) is 4.41. The van der Waals surface area contributed by atoms with Crippen molar-refractivity contribution in [2.24, 2.45) is 0 Å². The minimum atomic E-state index is -0.766. The molecule has 19 heavy (non-hydrogen) atoms. The van der Waals surface area contributed by atoms with E-state index in [0.717, 1.165) is 40.8 Å².